The molecule has 0 aliphatic rings. The third-order valence-corrected chi connectivity index (χ3v) is 1.77. The van der Waals surface area contributed by atoms with Crippen molar-refractivity contribution in [3.63, 3.8) is 0 Å². The van der Waals surface area contributed by atoms with Gasteiger partial charge in [-0.15, -0.1) is 0 Å². The van der Waals surface area contributed by atoms with E-state index in [-0.39, 0.29) is 7.24 Å². The highest BCUT2D eigenvalue weighted by Gasteiger charge is 1.97. The van der Waals surface area contributed by atoms with Gasteiger partial charge in [-0.25, -0.2) is 4.39 Å². The first-order chi connectivity index (χ1) is 6.59. The molecule has 0 fully saturated rings. The van der Waals surface area contributed by atoms with Crippen molar-refractivity contribution in [3.8, 4) is 0 Å². The third kappa shape index (κ3) is 4.34. The number of rotatable bonds is 2. The Morgan fingerprint density at radius 1 is 1.50 bits per heavy atom. The number of benzene rings is 1. The first-order valence-electron chi connectivity index (χ1n) is 4.21. The summed E-state index contributed by atoms with van der Waals surface area (Å²) in [6, 6.07) is 3.83. The summed E-state index contributed by atoms with van der Waals surface area (Å²) in [6.07, 6.45) is 0. The second-order valence-electron chi connectivity index (χ2n) is 2.30. The Kier molecular flexibility index (Phi) is 6.07. The van der Waals surface area contributed by atoms with E-state index in [0.29, 0.717) is 11.3 Å². The largest absolute Gasteiger partial charge is 0.755 e. The van der Waals surface area contributed by atoms with Gasteiger partial charge in [0.05, 0.1) is 0 Å². The molecular formula is C9H15FNO2S-. The number of nitrogens with one attached hydrogen (secondary N) is 1. The van der Waals surface area contributed by atoms with E-state index in [2.05, 4.69) is 4.72 Å². The van der Waals surface area contributed by atoms with Gasteiger partial charge in [-0.05, 0) is 30.7 Å². The molecule has 0 aliphatic heterocycles. The van der Waals surface area contributed by atoms with E-state index < -0.39 is 11.3 Å². The van der Waals surface area contributed by atoms with Gasteiger partial charge >= 0.3 is 0 Å². The number of hydrogen-bond donors (Lipinski definition) is 1. The highest BCUT2D eigenvalue weighted by Crippen LogP contribution is 2.15. The van der Waals surface area contributed by atoms with Crippen LogP contribution in [0.5, 0.6) is 0 Å². The van der Waals surface area contributed by atoms with E-state index in [4.69, 9.17) is 0 Å². The molecule has 0 amide bonds. The van der Waals surface area contributed by atoms with Gasteiger partial charge in [-0.2, -0.15) is 0 Å². The SMILES string of the molecule is CC.Cc1cc(F)ccc1NS(=O)[O-].[HH]. The maximum Gasteiger partial charge on any atom is 0.123 e. The van der Waals surface area contributed by atoms with Crippen molar-refractivity contribution in [3.05, 3.63) is 29.6 Å². The minimum Gasteiger partial charge on any atom is -0.755 e. The number of anilines is 1. The monoisotopic (exact) mass is 220 g/mol. The van der Waals surface area contributed by atoms with Crippen molar-refractivity contribution in [1.82, 2.24) is 0 Å². The maximum atomic E-state index is 12.5. The van der Waals surface area contributed by atoms with Crippen LogP contribution in [0.25, 0.3) is 0 Å². The summed E-state index contributed by atoms with van der Waals surface area (Å²) < 4.78 is 35.1. The van der Waals surface area contributed by atoms with Gasteiger partial charge in [-0.3, -0.25) is 4.21 Å². The summed E-state index contributed by atoms with van der Waals surface area (Å²) in [6.45, 7) is 5.62. The van der Waals surface area contributed by atoms with Crippen molar-refractivity contribution in [1.29, 1.82) is 0 Å². The zero-order chi connectivity index (χ0) is 11.1. The van der Waals surface area contributed by atoms with E-state index in [1.165, 1.54) is 18.2 Å². The van der Waals surface area contributed by atoms with E-state index >= 15 is 0 Å². The van der Waals surface area contributed by atoms with Crippen molar-refractivity contribution >= 4 is 17.0 Å². The molecule has 5 heteroatoms. The molecule has 0 aliphatic carbocycles. The van der Waals surface area contributed by atoms with Gasteiger partial charge in [0, 0.05) is 18.4 Å². The lowest BCUT2D eigenvalue weighted by atomic mass is 10.2. The van der Waals surface area contributed by atoms with Gasteiger partial charge in [0.2, 0.25) is 0 Å². The lowest BCUT2D eigenvalue weighted by Crippen LogP contribution is -2.03. The van der Waals surface area contributed by atoms with Crippen LogP contribution < -0.4 is 4.72 Å². The smallest absolute Gasteiger partial charge is 0.123 e. The second-order valence-corrected chi connectivity index (χ2v) is 2.97. The lowest BCUT2D eigenvalue weighted by molar-refractivity contribution is 0.542. The zero-order valence-corrected chi connectivity index (χ0v) is 9.15. The van der Waals surface area contributed by atoms with Crippen LogP contribution in [0.2, 0.25) is 0 Å². The summed E-state index contributed by atoms with van der Waals surface area (Å²) in [5.41, 5.74) is 0.948. The Bertz CT molecular complexity index is 323. The number of halogens is 1. The Morgan fingerprint density at radius 3 is 2.50 bits per heavy atom. The maximum absolute atomic E-state index is 12.5. The fraction of sp³-hybridized carbons (Fsp3) is 0.333. The Hall–Kier alpha value is -0.940. The first-order valence-corrected chi connectivity index (χ1v) is 5.29. The molecule has 0 saturated heterocycles. The predicted octanol–water partition coefficient (Wildman–Crippen LogP) is 2.61. The van der Waals surface area contributed by atoms with E-state index in [0.717, 1.165) is 0 Å². The summed E-state index contributed by atoms with van der Waals surface area (Å²) in [5, 5.41) is 0. The second kappa shape index (κ2) is 6.50. The predicted molar refractivity (Wildman–Crippen MR) is 57.1 cm³/mol. The Labute approximate surface area is 87.2 Å². The third-order valence-electron chi connectivity index (χ3n) is 1.38. The summed E-state index contributed by atoms with van der Waals surface area (Å²) in [4.78, 5) is 0. The average Bonchev–Trinajstić information content (AvgIpc) is 2.13. The number of aryl methyl sites for hydroxylation is 1. The molecule has 1 rings (SSSR count). The van der Waals surface area contributed by atoms with Crippen LogP contribution in [-0.4, -0.2) is 8.76 Å². The van der Waals surface area contributed by atoms with E-state index in [1.54, 1.807) is 6.92 Å². The fourth-order valence-electron chi connectivity index (χ4n) is 0.831. The molecule has 82 valence electrons. The molecule has 14 heavy (non-hydrogen) atoms. The minimum atomic E-state index is -2.36. The molecule has 0 saturated carbocycles. The molecule has 0 spiro atoms. The van der Waals surface area contributed by atoms with Crippen molar-refractivity contribution in [2.75, 3.05) is 4.72 Å². The molecule has 3 nitrogen and oxygen atoms in total. The summed E-state index contributed by atoms with van der Waals surface area (Å²) in [5.74, 6) is -0.380. The van der Waals surface area contributed by atoms with Gasteiger partial charge < -0.3 is 9.27 Å². The highest BCUT2D eigenvalue weighted by atomic mass is 32.2. The van der Waals surface area contributed by atoms with Gasteiger partial charge in [0.1, 0.15) is 5.82 Å². The van der Waals surface area contributed by atoms with Gasteiger partial charge in [0.25, 0.3) is 0 Å². The first kappa shape index (κ1) is 13.1. The summed E-state index contributed by atoms with van der Waals surface area (Å²) >= 11 is -2.36. The molecule has 1 atom stereocenters. The molecule has 0 bridgehead atoms. The van der Waals surface area contributed by atoms with Crippen molar-refractivity contribution in [2.24, 2.45) is 0 Å². The molecular weight excluding hydrogens is 205 g/mol. The van der Waals surface area contributed by atoms with Gasteiger partial charge in [0.15, 0.2) is 0 Å². The minimum absolute atomic E-state index is 0. The van der Waals surface area contributed by atoms with Crippen molar-refractivity contribution < 1.29 is 14.6 Å². The van der Waals surface area contributed by atoms with Gasteiger partial charge in [-0.1, -0.05) is 13.8 Å². The molecule has 1 aromatic carbocycles. The quantitative estimate of drug-likeness (QED) is 0.779. The van der Waals surface area contributed by atoms with Crippen LogP contribution in [0.3, 0.4) is 0 Å². The molecule has 0 heterocycles. The molecule has 1 N–H and O–H groups in total. The fourth-order valence-corrected chi connectivity index (χ4v) is 1.24. The Morgan fingerprint density at radius 2 is 2.07 bits per heavy atom. The van der Waals surface area contributed by atoms with Crippen LogP contribution in [0, 0.1) is 12.7 Å². The molecule has 0 radical (unpaired) electrons. The highest BCUT2D eigenvalue weighted by molar-refractivity contribution is 7.80. The standard InChI is InChI=1S/C7H8FNO2S.C2H6.H2/c1-5-4-6(8)2-3-7(5)9-12(10)11;1-2;/h2-4,9H,1H3,(H,10,11);1-2H3;1H/p-1. The molecule has 1 aromatic rings. The topological polar surface area (TPSA) is 52.2 Å². The van der Waals surface area contributed by atoms with Crippen LogP contribution in [0.1, 0.15) is 20.8 Å². The zero-order valence-electron chi connectivity index (χ0n) is 8.33. The molecule has 0 aromatic heterocycles. The number of hydrogen-bond acceptors (Lipinski definition) is 2. The van der Waals surface area contributed by atoms with Crippen LogP contribution in [0.15, 0.2) is 18.2 Å². The lowest BCUT2D eigenvalue weighted by Gasteiger charge is -2.10. The van der Waals surface area contributed by atoms with E-state index in [1.807, 2.05) is 13.8 Å². The van der Waals surface area contributed by atoms with Crippen LogP contribution in [-0.2, 0) is 11.3 Å². The van der Waals surface area contributed by atoms with E-state index in [9.17, 15) is 13.2 Å². The van der Waals surface area contributed by atoms with Crippen LogP contribution in [0.4, 0.5) is 10.1 Å². The Balaban J connectivity index is 0. The normalized spacial score (nSPS) is 11.2. The van der Waals surface area contributed by atoms with Crippen LogP contribution >= 0.6 is 0 Å². The molecule has 1 unspecified atom stereocenters. The summed E-state index contributed by atoms with van der Waals surface area (Å²) in [7, 11) is 0. The average molecular weight is 220 g/mol. The van der Waals surface area contributed by atoms with Crippen molar-refractivity contribution in [2.45, 2.75) is 20.8 Å².